The number of nitrogens with one attached hydrogen (secondary N) is 1. The van der Waals surface area contributed by atoms with Crippen LogP contribution in [-0.2, 0) is 19.8 Å². The third-order valence-electron chi connectivity index (χ3n) is 6.24. The molecule has 0 spiro atoms. The van der Waals surface area contributed by atoms with Gasteiger partial charge in [0.05, 0.1) is 29.5 Å². The lowest BCUT2D eigenvalue weighted by atomic mass is 9.95. The van der Waals surface area contributed by atoms with Gasteiger partial charge < -0.3 is 9.55 Å². The fraction of sp³-hybridized carbons (Fsp3) is 0.222. The number of fused-ring (bicyclic) bond motifs is 1. The Labute approximate surface area is 205 Å². The molecule has 0 saturated heterocycles. The zero-order valence-electron chi connectivity index (χ0n) is 20.0. The minimum Gasteiger partial charge on any atom is -0.333 e. The molecule has 0 unspecified atom stereocenters. The molecule has 0 aliphatic heterocycles. The minimum atomic E-state index is -4.50. The number of halogens is 3. The van der Waals surface area contributed by atoms with E-state index in [1.807, 2.05) is 24.3 Å². The van der Waals surface area contributed by atoms with Gasteiger partial charge in [0, 0.05) is 24.4 Å². The first kappa shape index (κ1) is 23.6. The summed E-state index contributed by atoms with van der Waals surface area (Å²) >= 11 is 0. The van der Waals surface area contributed by atoms with Crippen molar-refractivity contribution in [3.63, 3.8) is 0 Å². The predicted molar refractivity (Wildman–Crippen MR) is 133 cm³/mol. The number of rotatable bonds is 5. The van der Waals surface area contributed by atoms with Crippen LogP contribution in [0.25, 0.3) is 33.7 Å². The molecule has 0 bridgehead atoms. The van der Waals surface area contributed by atoms with E-state index >= 15 is 0 Å². The van der Waals surface area contributed by atoms with Gasteiger partial charge in [-0.25, -0.2) is 9.78 Å². The average Bonchev–Trinajstić information content (AvgIpc) is 3.39. The van der Waals surface area contributed by atoms with Crippen LogP contribution in [-0.4, -0.2) is 24.1 Å². The molecule has 184 valence electrons. The van der Waals surface area contributed by atoms with Crippen LogP contribution in [0.1, 0.15) is 36.6 Å². The van der Waals surface area contributed by atoms with Crippen LogP contribution in [0.3, 0.4) is 0 Å². The third-order valence-corrected chi connectivity index (χ3v) is 6.24. The molecule has 0 fully saturated rings. The van der Waals surface area contributed by atoms with E-state index in [-0.39, 0.29) is 11.5 Å². The summed E-state index contributed by atoms with van der Waals surface area (Å²) in [6, 6.07) is 17.0. The van der Waals surface area contributed by atoms with Crippen molar-refractivity contribution in [3.8, 4) is 22.6 Å². The highest BCUT2D eigenvalue weighted by molar-refractivity contribution is 5.80. The second-order valence-electron chi connectivity index (χ2n) is 9.10. The molecule has 0 aliphatic rings. The summed E-state index contributed by atoms with van der Waals surface area (Å²) in [5.74, 6) is 0.536. The number of hydrogen-bond donors (Lipinski definition) is 1. The second kappa shape index (κ2) is 8.82. The summed E-state index contributed by atoms with van der Waals surface area (Å²) in [5, 5.41) is 0. The summed E-state index contributed by atoms with van der Waals surface area (Å²) in [6.07, 6.45) is -1.87. The molecule has 5 aromatic rings. The van der Waals surface area contributed by atoms with Gasteiger partial charge in [-0.2, -0.15) is 13.2 Å². The lowest BCUT2D eigenvalue weighted by Gasteiger charge is -2.12. The molecule has 0 atom stereocenters. The number of H-pyrrole nitrogens is 1. The molecule has 0 saturated carbocycles. The molecule has 5 rings (SSSR count). The lowest BCUT2D eigenvalue weighted by molar-refractivity contribution is -0.140. The first-order valence-electron chi connectivity index (χ1n) is 11.5. The largest absolute Gasteiger partial charge is 0.434 e. The molecular weight excluding hydrogens is 467 g/mol. The molecule has 36 heavy (non-hydrogen) atoms. The van der Waals surface area contributed by atoms with Crippen LogP contribution >= 0.6 is 0 Å². The highest BCUT2D eigenvalue weighted by atomic mass is 19.4. The minimum absolute atomic E-state index is 0.220. The zero-order chi connectivity index (χ0) is 25.6. The normalized spacial score (nSPS) is 12.1. The number of imidazole rings is 2. The third kappa shape index (κ3) is 4.32. The van der Waals surface area contributed by atoms with Crippen molar-refractivity contribution >= 4 is 11.0 Å². The SMILES string of the molecule is CC(C)c1ccccc1-c1cc2c(cn1)[nH]c(=O)n2Cc1ccc(-c2nc(C(F)(F)F)cn2C)cc1. The molecule has 9 heteroatoms. The summed E-state index contributed by atoms with van der Waals surface area (Å²) in [6.45, 7) is 4.55. The smallest absolute Gasteiger partial charge is 0.333 e. The Morgan fingerprint density at radius 3 is 2.44 bits per heavy atom. The predicted octanol–water partition coefficient (Wildman–Crippen LogP) is 5.98. The van der Waals surface area contributed by atoms with Crippen molar-refractivity contribution < 1.29 is 13.2 Å². The maximum absolute atomic E-state index is 13.0. The summed E-state index contributed by atoms with van der Waals surface area (Å²) < 4.78 is 42.1. The van der Waals surface area contributed by atoms with E-state index in [9.17, 15) is 18.0 Å². The maximum Gasteiger partial charge on any atom is 0.434 e. The molecule has 6 nitrogen and oxygen atoms in total. The molecule has 0 amide bonds. The van der Waals surface area contributed by atoms with Crippen molar-refractivity contribution in [2.24, 2.45) is 7.05 Å². The van der Waals surface area contributed by atoms with E-state index in [0.29, 0.717) is 23.5 Å². The summed E-state index contributed by atoms with van der Waals surface area (Å²) in [7, 11) is 1.53. The average molecular weight is 492 g/mol. The van der Waals surface area contributed by atoms with Gasteiger partial charge in [-0.1, -0.05) is 62.4 Å². The number of aromatic nitrogens is 5. The van der Waals surface area contributed by atoms with Crippen LogP contribution < -0.4 is 5.69 Å². The van der Waals surface area contributed by atoms with Crippen LogP contribution in [0.2, 0.25) is 0 Å². The van der Waals surface area contributed by atoms with Gasteiger partial charge in [-0.05, 0) is 23.1 Å². The van der Waals surface area contributed by atoms with Crippen molar-refractivity contribution in [1.29, 1.82) is 0 Å². The first-order valence-corrected chi connectivity index (χ1v) is 11.5. The standard InChI is InChI=1S/C27H24F3N5O/c1-16(2)19-6-4-5-7-20(19)21-12-23-22(13-31-21)32-26(36)35(23)14-17-8-10-18(11-9-17)25-33-24(15-34(25)3)27(28,29)30/h4-13,15-16H,14H2,1-3H3,(H,32,36). The Morgan fingerprint density at radius 2 is 1.78 bits per heavy atom. The van der Waals surface area contributed by atoms with Gasteiger partial charge in [0.1, 0.15) is 5.82 Å². The number of benzene rings is 2. The van der Waals surface area contributed by atoms with Crippen molar-refractivity contribution in [3.05, 3.63) is 94.3 Å². The van der Waals surface area contributed by atoms with Gasteiger partial charge in [0.2, 0.25) is 0 Å². The van der Waals surface area contributed by atoms with E-state index in [4.69, 9.17) is 0 Å². The van der Waals surface area contributed by atoms with Crippen LogP contribution in [0.15, 0.2) is 71.8 Å². The van der Waals surface area contributed by atoms with Gasteiger partial charge >= 0.3 is 11.9 Å². The first-order chi connectivity index (χ1) is 17.1. The number of pyridine rings is 1. The van der Waals surface area contributed by atoms with E-state index in [0.717, 1.165) is 28.5 Å². The molecular formula is C27H24F3N5O. The topological polar surface area (TPSA) is 68.5 Å². The van der Waals surface area contributed by atoms with Gasteiger partial charge in [-0.3, -0.25) is 9.55 Å². The lowest BCUT2D eigenvalue weighted by Crippen LogP contribution is -2.17. The highest BCUT2D eigenvalue weighted by Gasteiger charge is 2.34. The van der Waals surface area contributed by atoms with E-state index < -0.39 is 11.9 Å². The second-order valence-corrected chi connectivity index (χ2v) is 9.10. The van der Waals surface area contributed by atoms with Crippen molar-refractivity contribution in [2.45, 2.75) is 32.5 Å². The van der Waals surface area contributed by atoms with Crippen molar-refractivity contribution in [1.82, 2.24) is 24.1 Å². The monoisotopic (exact) mass is 491 g/mol. The van der Waals surface area contributed by atoms with Gasteiger partial charge in [0.15, 0.2) is 5.69 Å². The Hall–Kier alpha value is -4.14. The number of aromatic amines is 1. The molecule has 2 aromatic carbocycles. The van der Waals surface area contributed by atoms with Gasteiger partial charge in [-0.15, -0.1) is 0 Å². The van der Waals surface area contributed by atoms with Crippen molar-refractivity contribution in [2.75, 3.05) is 0 Å². The summed E-state index contributed by atoms with van der Waals surface area (Å²) in [5.41, 5.74) is 4.53. The van der Waals surface area contributed by atoms with Crippen LogP contribution in [0.5, 0.6) is 0 Å². The zero-order valence-corrected chi connectivity index (χ0v) is 20.0. The Morgan fingerprint density at radius 1 is 1.06 bits per heavy atom. The Bertz CT molecular complexity index is 1610. The van der Waals surface area contributed by atoms with Crippen LogP contribution in [0, 0.1) is 0 Å². The quantitative estimate of drug-likeness (QED) is 0.329. The molecule has 0 aliphatic carbocycles. The number of hydrogen-bond acceptors (Lipinski definition) is 3. The summed E-state index contributed by atoms with van der Waals surface area (Å²) in [4.78, 5) is 23.9. The number of aryl methyl sites for hydroxylation is 1. The molecule has 0 radical (unpaired) electrons. The number of alkyl halides is 3. The van der Waals surface area contributed by atoms with E-state index in [1.54, 1.807) is 35.0 Å². The fourth-order valence-corrected chi connectivity index (χ4v) is 4.41. The Kier molecular flexibility index (Phi) is 5.78. The molecule has 3 aromatic heterocycles. The van der Waals surface area contributed by atoms with E-state index in [1.165, 1.54) is 17.2 Å². The molecule has 1 N–H and O–H groups in total. The van der Waals surface area contributed by atoms with Crippen LogP contribution in [0.4, 0.5) is 13.2 Å². The fourth-order valence-electron chi connectivity index (χ4n) is 4.41. The van der Waals surface area contributed by atoms with Gasteiger partial charge in [0.25, 0.3) is 0 Å². The maximum atomic E-state index is 13.0. The molecule has 3 heterocycles. The number of nitrogens with zero attached hydrogens (tertiary/aromatic N) is 4. The van der Waals surface area contributed by atoms with E-state index in [2.05, 4.69) is 34.9 Å². The highest BCUT2D eigenvalue weighted by Crippen LogP contribution is 2.31. The Balaban J connectivity index is 1.48.